The van der Waals surface area contributed by atoms with Gasteiger partial charge in [0.2, 0.25) is 5.91 Å². The summed E-state index contributed by atoms with van der Waals surface area (Å²) in [5, 5.41) is 3.71. The number of amides is 1. The summed E-state index contributed by atoms with van der Waals surface area (Å²) < 4.78 is 0. The second-order valence-electron chi connectivity index (χ2n) is 6.16. The minimum Gasteiger partial charge on any atom is -0.369 e. The quantitative estimate of drug-likeness (QED) is 0.924. The highest BCUT2D eigenvalue weighted by Gasteiger charge is 2.19. The van der Waals surface area contributed by atoms with E-state index in [4.69, 9.17) is 11.6 Å². The van der Waals surface area contributed by atoms with Gasteiger partial charge in [-0.2, -0.15) is 0 Å². The van der Waals surface area contributed by atoms with Crippen LogP contribution in [0.2, 0.25) is 5.02 Å². The van der Waals surface area contributed by atoms with Crippen LogP contribution in [0.4, 0.5) is 11.4 Å². The lowest BCUT2D eigenvalue weighted by molar-refractivity contribution is -0.117. The average Bonchev–Trinajstić information content (AvgIpc) is 2.58. The number of rotatable bonds is 4. The van der Waals surface area contributed by atoms with Crippen LogP contribution in [0.3, 0.4) is 0 Å². The molecule has 0 unspecified atom stereocenters. The van der Waals surface area contributed by atoms with Crippen LogP contribution in [0, 0.1) is 6.92 Å². The summed E-state index contributed by atoms with van der Waals surface area (Å²) in [4.78, 5) is 16.7. The highest BCUT2D eigenvalue weighted by molar-refractivity contribution is 6.30. The summed E-state index contributed by atoms with van der Waals surface area (Å²) in [5.74, 6) is 0.0371. The fourth-order valence-corrected chi connectivity index (χ4v) is 3.06. The van der Waals surface area contributed by atoms with Crippen molar-refractivity contribution in [3.63, 3.8) is 0 Å². The van der Waals surface area contributed by atoms with Crippen molar-refractivity contribution < 1.29 is 4.79 Å². The molecule has 0 aromatic heterocycles. The Labute approximate surface area is 148 Å². The number of carbonyl (C=O) groups excluding carboxylic acids is 1. The Morgan fingerprint density at radius 3 is 2.46 bits per heavy atom. The van der Waals surface area contributed by atoms with Gasteiger partial charge >= 0.3 is 0 Å². The molecule has 1 aliphatic heterocycles. The van der Waals surface area contributed by atoms with Gasteiger partial charge in [0.25, 0.3) is 0 Å². The lowest BCUT2D eigenvalue weighted by atomic mass is 10.2. The predicted octanol–water partition coefficient (Wildman–Crippen LogP) is 3.41. The van der Waals surface area contributed by atoms with Crippen LogP contribution >= 0.6 is 11.6 Å². The summed E-state index contributed by atoms with van der Waals surface area (Å²) in [6, 6.07) is 15.8. The fourth-order valence-electron chi connectivity index (χ4n) is 2.88. The Balaban J connectivity index is 1.48. The van der Waals surface area contributed by atoms with Crippen LogP contribution < -0.4 is 10.2 Å². The minimum atomic E-state index is 0.0371. The Morgan fingerprint density at radius 2 is 1.79 bits per heavy atom. The van der Waals surface area contributed by atoms with E-state index in [0.29, 0.717) is 6.54 Å². The lowest BCUT2D eigenvalue weighted by Crippen LogP contribution is -2.48. The van der Waals surface area contributed by atoms with E-state index in [1.807, 2.05) is 49.4 Å². The molecular formula is C19H22ClN3O. The van der Waals surface area contributed by atoms with Crippen molar-refractivity contribution in [2.24, 2.45) is 0 Å². The van der Waals surface area contributed by atoms with Crippen LogP contribution in [0.1, 0.15) is 5.56 Å². The first-order valence-electron chi connectivity index (χ1n) is 8.19. The summed E-state index contributed by atoms with van der Waals surface area (Å²) in [5.41, 5.74) is 3.18. The summed E-state index contributed by atoms with van der Waals surface area (Å²) in [6.07, 6.45) is 0. The summed E-state index contributed by atoms with van der Waals surface area (Å²) >= 11 is 6.06. The van der Waals surface area contributed by atoms with Gasteiger partial charge in [-0.25, -0.2) is 0 Å². The number of benzene rings is 2. The highest BCUT2D eigenvalue weighted by atomic mass is 35.5. The van der Waals surface area contributed by atoms with E-state index in [1.165, 1.54) is 5.56 Å². The minimum absolute atomic E-state index is 0.0371. The van der Waals surface area contributed by atoms with Gasteiger partial charge in [0.15, 0.2) is 0 Å². The molecule has 4 nitrogen and oxygen atoms in total. The molecule has 2 aromatic carbocycles. The molecule has 0 radical (unpaired) electrons. The number of nitrogens with one attached hydrogen (secondary N) is 1. The Hall–Kier alpha value is -2.04. The van der Waals surface area contributed by atoms with Crippen molar-refractivity contribution >= 4 is 28.9 Å². The molecule has 126 valence electrons. The smallest absolute Gasteiger partial charge is 0.238 e. The third-order valence-corrected chi connectivity index (χ3v) is 4.48. The van der Waals surface area contributed by atoms with Gasteiger partial charge in [0, 0.05) is 42.6 Å². The Bertz CT molecular complexity index is 694. The van der Waals surface area contributed by atoms with Crippen molar-refractivity contribution in [1.29, 1.82) is 0 Å². The topological polar surface area (TPSA) is 35.6 Å². The first-order valence-corrected chi connectivity index (χ1v) is 8.57. The second-order valence-corrected chi connectivity index (χ2v) is 6.59. The Kier molecular flexibility index (Phi) is 5.38. The fraction of sp³-hybridized carbons (Fsp3) is 0.316. The average molecular weight is 344 g/mol. The number of hydrogen-bond acceptors (Lipinski definition) is 3. The highest BCUT2D eigenvalue weighted by Crippen LogP contribution is 2.20. The molecule has 1 amide bonds. The molecule has 0 aliphatic carbocycles. The number of anilines is 2. The van der Waals surface area contributed by atoms with Crippen molar-refractivity contribution in [3.05, 3.63) is 59.1 Å². The van der Waals surface area contributed by atoms with Crippen LogP contribution in [-0.4, -0.2) is 43.5 Å². The molecule has 1 fully saturated rings. The number of hydrogen-bond donors (Lipinski definition) is 1. The number of nitrogens with zero attached hydrogens (tertiary/aromatic N) is 2. The molecule has 0 atom stereocenters. The van der Waals surface area contributed by atoms with E-state index < -0.39 is 0 Å². The summed E-state index contributed by atoms with van der Waals surface area (Å²) in [6.45, 7) is 6.00. The van der Waals surface area contributed by atoms with Crippen molar-refractivity contribution in [1.82, 2.24) is 4.90 Å². The predicted molar refractivity (Wildman–Crippen MR) is 99.9 cm³/mol. The maximum atomic E-state index is 12.2. The molecule has 0 saturated carbocycles. The Morgan fingerprint density at radius 1 is 1.08 bits per heavy atom. The molecule has 1 heterocycles. The maximum absolute atomic E-state index is 12.2. The SMILES string of the molecule is Cc1ccc(NC(=O)CN2CCN(c3cccc(Cl)c3)CC2)cc1. The lowest BCUT2D eigenvalue weighted by Gasteiger charge is -2.35. The zero-order valence-electron chi connectivity index (χ0n) is 13.8. The van der Waals surface area contributed by atoms with Gasteiger partial charge in [0.05, 0.1) is 6.54 Å². The largest absolute Gasteiger partial charge is 0.369 e. The van der Waals surface area contributed by atoms with Crippen molar-refractivity contribution in [3.8, 4) is 0 Å². The second kappa shape index (κ2) is 7.69. The van der Waals surface area contributed by atoms with E-state index in [0.717, 1.165) is 42.6 Å². The van der Waals surface area contributed by atoms with E-state index in [9.17, 15) is 4.79 Å². The first kappa shape index (κ1) is 16.8. The number of piperazine rings is 1. The van der Waals surface area contributed by atoms with Gasteiger partial charge in [0.1, 0.15) is 0 Å². The molecule has 24 heavy (non-hydrogen) atoms. The van der Waals surface area contributed by atoms with Crippen molar-refractivity contribution in [2.75, 3.05) is 42.9 Å². The van der Waals surface area contributed by atoms with Gasteiger partial charge in [-0.15, -0.1) is 0 Å². The maximum Gasteiger partial charge on any atom is 0.238 e. The van der Waals surface area contributed by atoms with Crippen LogP contribution in [-0.2, 0) is 4.79 Å². The number of halogens is 1. The van der Waals surface area contributed by atoms with Gasteiger partial charge < -0.3 is 10.2 Å². The first-order chi connectivity index (χ1) is 11.6. The van der Waals surface area contributed by atoms with Gasteiger partial charge in [-0.3, -0.25) is 9.69 Å². The molecular weight excluding hydrogens is 322 g/mol. The molecule has 0 bridgehead atoms. The van der Waals surface area contributed by atoms with Crippen LogP contribution in [0.25, 0.3) is 0 Å². The standard InChI is InChI=1S/C19H22ClN3O/c1-15-5-7-17(8-6-15)21-19(24)14-22-9-11-23(12-10-22)18-4-2-3-16(20)13-18/h2-8,13H,9-12,14H2,1H3,(H,21,24). The van der Waals surface area contributed by atoms with Crippen LogP contribution in [0.5, 0.6) is 0 Å². The molecule has 3 rings (SSSR count). The van der Waals surface area contributed by atoms with E-state index in [-0.39, 0.29) is 5.91 Å². The van der Waals surface area contributed by atoms with Crippen LogP contribution in [0.15, 0.2) is 48.5 Å². The normalized spacial score (nSPS) is 15.3. The zero-order valence-corrected chi connectivity index (χ0v) is 14.6. The molecule has 0 spiro atoms. The van der Waals surface area contributed by atoms with Gasteiger partial charge in [-0.05, 0) is 37.3 Å². The molecule has 1 aliphatic rings. The summed E-state index contributed by atoms with van der Waals surface area (Å²) in [7, 11) is 0. The third-order valence-electron chi connectivity index (χ3n) is 4.25. The molecule has 2 aromatic rings. The van der Waals surface area contributed by atoms with E-state index >= 15 is 0 Å². The van der Waals surface area contributed by atoms with E-state index in [2.05, 4.69) is 21.2 Å². The van der Waals surface area contributed by atoms with E-state index in [1.54, 1.807) is 0 Å². The monoisotopic (exact) mass is 343 g/mol. The van der Waals surface area contributed by atoms with Gasteiger partial charge in [-0.1, -0.05) is 35.4 Å². The number of carbonyl (C=O) groups is 1. The number of aryl methyl sites for hydroxylation is 1. The third kappa shape index (κ3) is 4.49. The zero-order chi connectivity index (χ0) is 16.9. The molecule has 1 N–H and O–H groups in total. The molecule has 1 saturated heterocycles. The molecule has 5 heteroatoms. The van der Waals surface area contributed by atoms with Crippen molar-refractivity contribution in [2.45, 2.75) is 6.92 Å².